The zero-order chi connectivity index (χ0) is 16.2. The quantitative estimate of drug-likeness (QED) is 0.867. The van der Waals surface area contributed by atoms with Crippen LogP contribution in [-0.2, 0) is 16.4 Å². The van der Waals surface area contributed by atoms with Crippen LogP contribution in [0, 0.1) is 0 Å². The average Bonchev–Trinajstić information content (AvgIpc) is 2.53. The molecule has 0 amide bonds. The van der Waals surface area contributed by atoms with Gasteiger partial charge in [-0.2, -0.15) is 0 Å². The van der Waals surface area contributed by atoms with Gasteiger partial charge in [0, 0.05) is 17.6 Å². The van der Waals surface area contributed by atoms with Gasteiger partial charge in [-0.25, -0.2) is 8.42 Å². The maximum atomic E-state index is 11.8. The molecule has 0 radical (unpaired) electrons. The molecule has 2 aromatic carbocycles. The first kappa shape index (κ1) is 17.0. The largest absolute Gasteiger partial charge is 0.306 e. The van der Waals surface area contributed by atoms with Crippen molar-refractivity contribution in [3.8, 4) is 0 Å². The van der Waals surface area contributed by atoms with Gasteiger partial charge in [0.2, 0.25) is 0 Å². The van der Waals surface area contributed by atoms with Gasteiger partial charge in [-0.05, 0) is 42.3 Å². The first-order chi connectivity index (χ1) is 10.4. The van der Waals surface area contributed by atoms with E-state index in [1.807, 2.05) is 36.4 Å². The molecular formula is C17H20ClNO2S. The molecule has 0 heterocycles. The lowest BCUT2D eigenvalue weighted by Gasteiger charge is -2.14. The summed E-state index contributed by atoms with van der Waals surface area (Å²) in [6, 6.07) is 15.0. The minimum Gasteiger partial charge on any atom is -0.306 e. The van der Waals surface area contributed by atoms with Crippen molar-refractivity contribution in [3.05, 3.63) is 64.7 Å². The molecule has 0 saturated carbocycles. The highest BCUT2D eigenvalue weighted by molar-refractivity contribution is 7.91. The number of rotatable bonds is 6. The van der Waals surface area contributed by atoms with Crippen LogP contribution in [0.4, 0.5) is 0 Å². The number of nitrogens with one attached hydrogen (secondary N) is 1. The van der Waals surface area contributed by atoms with E-state index in [0.717, 1.165) is 16.1 Å². The number of benzene rings is 2. The zero-order valence-electron chi connectivity index (χ0n) is 12.7. The predicted molar refractivity (Wildman–Crippen MR) is 90.9 cm³/mol. The second kappa shape index (κ2) is 7.27. The number of hydrogen-bond donors (Lipinski definition) is 1. The van der Waals surface area contributed by atoms with Gasteiger partial charge >= 0.3 is 0 Å². The van der Waals surface area contributed by atoms with E-state index in [-0.39, 0.29) is 11.8 Å². The van der Waals surface area contributed by atoms with Crippen molar-refractivity contribution in [1.82, 2.24) is 5.32 Å². The Balaban J connectivity index is 1.98. The highest BCUT2D eigenvalue weighted by atomic mass is 35.5. The summed E-state index contributed by atoms with van der Waals surface area (Å²) in [6.07, 6.45) is 0. The van der Waals surface area contributed by atoms with E-state index < -0.39 is 9.84 Å². The molecule has 2 aromatic rings. The van der Waals surface area contributed by atoms with Crippen LogP contribution in [0.25, 0.3) is 0 Å². The molecule has 22 heavy (non-hydrogen) atoms. The fourth-order valence-corrected chi connectivity index (χ4v) is 3.13. The Morgan fingerprint density at radius 1 is 1.05 bits per heavy atom. The molecule has 0 unspecified atom stereocenters. The molecule has 0 fully saturated rings. The number of sulfone groups is 1. The zero-order valence-corrected chi connectivity index (χ0v) is 14.3. The molecule has 3 nitrogen and oxygen atoms in total. The normalized spacial score (nSPS) is 13.0. The molecule has 0 aliphatic rings. The number of halogens is 1. The molecule has 5 heteroatoms. The van der Waals surface area contributed by atoms with Crippen molar-refractivity contribution >= 4 is 21.4 Å². The minimum atomic E-state index is -3.13. The third-order valence-electron chi connectivity index (χ3n) is 3.64. The van der Waals surface area contributed by atoms with Crippen molar-refractivity contribution < 1.29 is 8.42 Å². The van der Waals surface area contributed by atoms with Crippen LogP contribution in [-0.4, -0.2) is 14.2 Å². The Hall–Kier alpha value is -1.36. The van der Waals surface area contributed by atoms with Gasteiger partial charge in [0.15, 0.2) is 9.84 Å². The Kier molecular flexibility index (Phi) is 5.62. The van der Waals surface area contributed by atoms with Crippen molar-refractivity contribution in [2.24, 2.45) is 0 Å². The van der Waals surface area contributed by atoms with Crippen LogP contribution >= 0.6 is 11.6 Å². The molecule has 0 spiro atoms. The van der Waals surface area contributed by atoms with Gasteiger partial charge in [0.25, 0.3) is 0 Å². The van der Waals surface area contributed by atoms with Gasteiger partial charge in [0.1, 0.15) is 0 Å². The molecular weight excluding hydrogens is 318 g/mol. The second-order valence-electron chi connectivity index (χ2n) is 5.20. The van der Waals surface area contributed by atoms with Crippen molar-refractivity contribution in [1.29, 1.82) is 0 Å². The predicted octanol–water partition coefficient (Wildman–Crippen LogP) is 3.98. The van der Waals surface area contributed by atoms with Crippen molar-refractivity contribution in [2.45, 2.75) is 31.3 Å². The third kappa shape index (κ3) is 4.32. The maximum Gasteiger partial charge on any atom is 0.178 e. The topological polar surface area (TPSA) is 46.2 Å². The summed E-state index contributed by atoms with van der Waals surface area (Å²) in [7, 11) is -3.13. The van der Waals surface area contributed by atoms with Crippen LogP contribution in [0.2, 0.25) is 5.02 Å². The molecule has 0 saturated heterocycles. The highest BCUT2D eigenvalue weighted by Gasteiger charge is 2.11. The Morgan fingerprint density at radius 2 is 1.64 bits per heavy atom. The Morgan fingerprint density at radius 3 is 2.18 bits per heavy atom. The summed E-state index contributed by atoms with van der Waals surface area (Å²) in [4.78, 5) is 0.379. The first-order valence-corrected chi connectivity index (χ1v) is 9.26. The van der Waals surface area contributed by atoms with Gasteiger partial charge in [-0.3, -0.25) is 0 Å². The van der Waals surface area contributed by atoms with E-state index in [4.69, 9.17) is 11.6 Å². The molecule has 118 valence electrons. The molecule has 0 aromatic heterocycles. The first-order valence-electron chi connectivity index (χ1n) is 7.23. The summed E-state index contributed by atoms with van der Waals surface area (Å²) in [6.45, 7) is 4.41. The summed E-state index contributed by atoms with van der Waals surface area (Å²) < 4.78 is 23.5. The smallest absolute Gasteiger partial charge is 0.178 e. The summed E-state index contributed by atoms with van der Waals surface area (Å²) in [5, 5.41) is 4.14. The Labute approximate surface area is 137 Å². The minimum absolute atomic E-state index is 0.123. The molecule has 0 aliphatic heterocycles. The van der Waals surface area contributed by atoms with Gasteiger partial charge < -0.3 is 5.32 Å². The second-order valence-corrected chi connectivity index (χ2v) is 7.92. The standard InChI is InChI=1S/C17H20ClNO2S/c1-3-22(20,21)17-10-4-14(5-11-17)12-19-13(2)15-6-8-16(18)9-7-15/h4-11,13,19H,3,12H2,1-2H3/t13-/m0/s1. The van der Waals surface area contributed by atoms with E-state index >= 15 is 0 Å². The monoisotopic (exact) mass is 337 g/mol. The molecule has 0 bridgehead atoms. The van der Waals surface area contributed by atoms with Crippen LogP contribution in [0.1, 0.15) is 31.0 Å². The van der Waals surface area contributed by atoms with E-state index in [1.165, 1.54) is 0 Å². The van der Waals surface area contributed by atoms with E-state index in [1.54, 1.807) is 19.1 Å². The van der Waals surface area contributed by atoms with Crippen LogP contribution in [0.3, 0.4) is 0 Å². The SMILES string of the molecule is CCS(=O)(=O)c1ccc(CN[C@@H](C)c2ccc(Cl)cc2)cc1. The van der Waals surface area contributed by atoms with Crippen molar-refractivity contribution in [2.75, 3.05) is 5.75 Å². The molecule has 0 aliphatic carbocycles. The number of hydrogen-bond acceptors (Lipinski definition) is 3. The van der Waals surface area contributed by atoms with Crippen LogP contribution in [0.15, 0.2) is 53.4 Å². The molecule has 1 N–H and O–H groups in total. The van der Waals surface area contributed by atoms with Crippen molar-refractivity contribution in [3.63, 3.8) is 0 Å². The van der Waals surface area contributed by atoms with Crippen LogP contribution < -0.4 is 5.32 Å². The van der Waals surface area contributed by atoms with Gasteiger partial charge in [-0.15, -0.1) is 0 Å². The third-order valence-corrected chi connectivity index (χ3v) is 5.65. The van der Waals surface area contributed by atoms with Gasteiger partial charge in [0.05, 0.1) is 10.6 Å². The summed E-state index contributed by atoms with van der Waals surface area (Å²) in [5.41, 5.74) is 2.21. The fraction of sp³-hybridized carbons (Fsp3) is 0.294. The Bertz CT molecular complexity index is 709. The molecule has 2 rings (SSSR count). The maximum absolute atomic E-state index is 11.8. The van der Waals surface area contributed by atoms with Gasteiger partial charge in [-0.1, -0.05) is 42.8 Å². The van der Waals surface area contributed by atoms with E-state index in [9.17, 15) is 8.42 Å². The summed E-state index contributed by atoms with van der Waals surface area (Å²) >= 11 is 5.88. The van der Waals surface area contributed by atoms with E-state index in [2.05, 4.69) is 12.2 Å². The lowest BCUT2D eigenvalue weighted by atomic mass is 10.1. The lowest BCUT2D eigenvalue weighted by Crippen LogP contribution is -2.18. The fourth-order valence-electron chi connectivity index (χ4n) is 2.12. The van der Waals surface area contributed by atoms with E-state index in [0.29, 0.717) is 11.4 Å². The lowest BCUT2D eigenvalue weighted by molar-refractivity contribution is 0.574. The van der Waals surface area contributed by atoms with Crippen LogP contribution in [0.5, 0.6) is 0 Å². The molecule has 1 atom stereocenters. The highest BCUT2D eigenvalue weighted by Crippen LogP contribution is 2.17. The summed E-state index contributed by atoms with van der Waals surface area (Å²) in [5.74, 6) is 0.123. The average molecular weight is 338 g/mol.